The minimum atomic E-state index is -1.13. The number of aromatic nitrogens is 1. The molecule has 2 aromatic carbocycles. The van der Waals surface area contributed by atoms with Gasteiger partial charge in [-0.05, 0) is 43.2 Å². The van der Waals surface area contributed by atoms with Crippen molar-refractivity contribution in [1.82, 2.24) is 20.3 Å². The third-order valence-corrected chi connectivity index (χ3v) is 7.10. The first-order valence-corrected chi connectivity index (χ1v) is 11.5. The quantitative estimate of drug-likeness (QED) is 0.586. The molecule has 4 heterocycles. The van der Waals surface area contributed by atoms with E-state index < -0.39 is 5.54 Å². The van der Waals surface area contributed by atoms with E-state index in [4.69, 9.17) is 4.74 Å². The van der Waals surface area contributed by atoms with Crippen molar-refractivity contribution in [3.63, 3.8) is 0 Å². The molecule has 0 saturated carbocycles. The molecule has 6 rings (SSSR count). The number of urea groups is 1. The summed E-state index contributed by atoms with van der Waals surface area (Å²) >= 11 is 0. The Bertz CT molecular complexity index is 1330. The van der Waals surface area contributed by atoms with Gasteiger partial charge in [0.1, 0.15) is 0 Å². The third-order valence-electron chi connectivity index (χ3n) is 7.10. The summed E-state index contributed by atoms with van der Waals surface area (Å²) in [5, 5.41) is 2.89. The number of anilines is 1. The second-order valence-electron chi connectivity index (χ2n) is 9.01. The lowest BCUT2D eigenvalue weighted by Crippen LogP contribution is -2.49. The Morgan fingerprint density at radius 3 is 2.68 bits per heavy atom. The van der Waals surface area contributed by atoms with Crippen LogP contribution in [0.1, 0.15) is 28.5 Å². The second kappa shape index (κ2) is 7.68. The van der Waals surface area contributed by atoms with Crippen LogP contribution >= 0.6 is 0 Å². The first-order chi connectivity index (χ1) is 16.5. The van der Waals surface area contributed by atoms with Crippen molar-refractivity contribution < 1.29 is 19.1 Å². The number of aromatic amines is 1. The summed E-state index contributed by atoms with van der Waals surface area (Å²) in [7, 11) is 0. The van der Waals surface area contributed by atoms with Gasteiger partial charge in [-0.2, -0.15) is 0 Å². The average Bonchev–Trinajstić information content (AvgIpc) is 3.33. The molecule has 1 aromatic heterocycles. The Balaban J connectivity index is 1.34. The van der Waals surface area contributed by atoms with Crippen LogP contribution in [0.3, 0.4) is 0 Å². The predicted molar refractivity (Wildman–Crippen MR) is 125 cm³/mol. The van der Waals surface area contributed by atoms with Crippen molar-refractivity contribution in [2.24, 2.45) is 0 Å². The van der Waals surface area contributed by atoms with Crippen LogP contribution in [0.5, 0.6) is 0 Å². The molecule has 0 spiro atoms. The van der Waals surface area contributed by atoms with Crippen molar-refractivity contribution in [2.75, 3.05) is 37.7 Å². The third kappa shape index (κ3) is 2.97. The van der Waals surface area contributed by atoms with Crippen LogP contribution in [-0.2, 0) is 21.5 Å². The molecule has 3 aliphatic heterocycles. The monoisotopic (exact) mass is 459 g/mol. The molecular weight excluding hydrogens is 434 g/mol. The van der Waals surface area contributed by atoms with Gasteiger partial charge < -0.3 is 14.6 Å². The lowest BCUT2D eigenvalue weighted by Gasteiger charge is -2.35. The summed E-state index contributed by atoms with van der Waals surface area (Å²) in [6, 6.07) is 14.2. The van der Waals surface area contributed by atoms with E-state index in [1.165, 1.54) is 4.90 Å². The Kier molecular flexibility index (Phi) is 4.72. The molecule has 0 radical (unpaired) electrons. The number of hydrazine groups is 1. The van der Waals surface area contributed by atoms with Crippen LogP contribution in [0, 0.1) is 0 Å². The van der Waals surface area contributed by atoms with E-state index in [-0.39, 0.29) is 17.8 Å². The first kappa shape index (κ1) is 20.9. The fourth-order valence-corrected chi connectivity index (χ4v) is 5.29. The number of ether oxygens (including phenoxy) is 1. The molecule has 9 heteroatoms. The number of benzene rings is 2. The van der Waals surface area contributed by atoms with Crippen LogP contribution in [0.2, 0.25) is 0 Å². The van der Waals surface area contributed by atoms with Gasteiger partial charge in [0.2, 0.25) is 0 Å². The van der Waals surface area contributed by atoms with Gasteiger partial charge in [-0.15, -0.1) is 0 Å². The number of imide groups is 1. The van der Waals surface area contributed by atoms with Gasteiger partial charge in [0, 0.05) is 36.1 Å². The Hall–Kier alpha value is -3.69. The minimum Gasteiger partial charge on any atom is -0.379 e. The maximum atomic E-state index is 13.8. The Labute approximate surface area is 196 Å². The van der Waals surface area contributed by atoms with E-state index in [0.717, 1.165) is 22.2 Å². The van der Waals surface area contributed by atoms with Crippen LogP contribution in [0.15, 0.2) is 48.5 Å². The van der Waals surface area contributed by atoms with E-state index in [2.05, 4.69) is 10.4 Å². The van der Waals surface area contributed by atoms with Crippen LogP contribution in [-0.4, -0.2) is 65.6 Å². The molecule has 34 heavy (non-hydrogen) atoms. The van der Waals surface area contributed by atoms with E-state index in [1.807, 2.05) is 29.3 Å². The number of nitrogens with one attached hydrogen (secondary N) is 2. The number of hydrogen-bond donors (Lipinski definition) is 2. The molecule has 3 aliphatic rings. The highest BCUT2D eigenvalue weighted by atomic mass is 16.5. The smallest absolute Gasteiger partial charge is 0.332 e. The van der Waals surface area contributed by atoms with Crippen molar-refractivity contribution in [3.05, 3.63) is 65.4 Å². The number of H-pyrrole nitrogens is 1. The molecule has 3 aromatic rings. The largest absolute Gasteiger partial charge is 0.379 e. The van der Waals surface area contributed by atoms with E-state index in [9.17, 15) is 14.4 Å². The molecule has 0 bridgehead atoms. The normalized spacial score (nSPS) is 22.7. The standard InChI is InChI=1S/C25H25N5O4/c1-25-21-19(18-7-2-3-8-20(18)26-21)9-10-29(25)24(33)30(23(25)32)17-6-4-5-16(15-17)22(31)27-28-11-13-34-14-12-28/h2-8,15,26H,9-14H2,1H3,(H,27,31)/t25-/m0/s1. The van der Waals surface area contributed by atoms with Crippen LogP contribution < -0.4 is 10.3 Å². The Morgan fingerprint density at radius 1 is 1.06 bits per heavy atom. The average molecular weight is 460 g/mol. The molecule has 0 unspecified atom stereocenters. The number of nitrogens with zero attached hydrogens (tertiary/aromatic N) is 3. The van der Waals surface area contributed by atoms with E-state index in [1.54, 1.807) is 36.1 Å². The molecule has 4 amide bonds. The van der Waals surface area contributed by atoms with Gasteiger partial charge in [0.25, 0.3) is 11.8 Å². The molecule has 2 N–H and O–H groups in total. The maximum absolute atomic E-state index is 13.8. The van der Waals surface area contributed by atoms with Gasteiger partial charge in [0.05, 0.1) is 24.6 Å². The summed E-state index contributed by atoms with van der Waals surface area (Å²) in [6.45, 7) is 4.57. The summed E-state index contributed by atoms with van der Waals surface area (Å²) in [5.74, 6) is -0.611. The van der Waals surface area contributed by atoms with Crippen molar-refractivity contribution in [2.45, 2.75) is 18.9 Å². The summed E-state index contributed by atoms with van der Waals surface area (Å²) < 4.78 is 5.32. The second-order valence-corrected chi connectivity index (χ2v) is 9.01. The number of hydrogen-bond acceptors (Lipinski definition) is 5. The van der Waals surface area contributed by atoms with Gasteiger partial charge in [0.15, 0.2) is 5.54 Å². The molecule has 0 aliphatic carbocycles. The number of rotatable bonds is 3. The van der Waals surface area contributed by atoms with Crippen molar-refractivity contribution in [1.29, 1.82) is 0 Å². The maximum Gasteiger partial charge on any atom is 0.332 e. The molecule has 2 fully saturated rings. The van der Waals surface area contributed by atoms with E-state index >= 15 is 0 Å². The number of morpholine rings is 1. The highest BCUT2D eigenvalue weighted by Crippen LogP contribution is 2.45. The lowest BCUT2D eigenvalue weighted by molar-refractivity contribution is -0.125. The van der Waals surface area contributed by atoms with Crippen molar-refractivity contribution in [3.8, 4) is 0 Å². The molecule has 174 valence electrons. The number of amides is 4. The van der Waals surface area contributed by atoms with Gasteiger partial charge in [-0.3, -0.25) is 15.0 Å². The van der Waals surface area contributed by atoms with Crippen molar-refractivity contribution >= 4 is 34.4 Å². The van der Waals surface area contributed by atoms with Gasteiger partial charge in [-0.1, -0.05) is 24.3 Å². The first-order valence-electron chi connectivity index (χ1n) is 11.5. The zero-order valence-electron chi connectivity index (χ0n) is 18.8. The zero-order chi connectivity index (χ0) is 23.4. The fraction of sp³-hybridized carbons (Fsp3) is 0.320. The summed E-state index contributed by atoms with van der Waals surface area (Å²) in [6.07, 6.45) is 0.670. The molecule has 1 atom stereocenters. The van der Waals surface area contributed by atoms with Gasteiger partial charge in [-0.25, -0.2) is 14.7 Å². The molecular formula is C25H25N5O4. The zero-order valence-corrected chi connectivity index (χ0v) is 18.8. The number of para-hydroxylation sites is 1. The Morgan fingerprint density at radius 2 is 1.85 bits per heavy atom. The predicted octanol–water partition coefficient (Wildman–Crippen LogP) is 2.39. The minimum absolute atomic E-state index is 0.287. The number of fused-ring (bicyclic) bond motifs is 5. The van der Waals surface area contributed by atoms with Crippen LogP contribution in [0.25, 0.3) is 10.9 Å². The van der Waals surface area contributed by atoms with E-state index in [0.29, 0.717) is 50.5 Å². The number of carbonyl (C=O) groups is 3. The SMILES string of the molecule is C[C@]12C(=O)N(c3cccc(C(=O)NN4CCOCC4)c3)C(=O)N1CCc1c2[nH]c2ccccc12. The highest BCUT2D eigenvalue weighted by molar-refractivity contribution is 6.24. The summed E-state index contributed by atoms with van der Waals surface area (Å²) in [4.78, 5) is 46.4. The summed E-state index contributed by atoms with van der Waals surface area (Å²) in [5.41, 5.74) is 5.31. The number of carbonyl (C=O) groups excluding carboxylic acids is 3. The molecule has 2 saturated heterocycles. The highest BCUT2D eigenvalue weighted by Gasteiger charge is 2.59. The van der Waals surface area contributed by atoms with Crippen LogP contribution in [0.4, 0.5) is 10.5 Å². The lowest BCUT2D eigenvalue weighted by atomic mass is 9.87. The topological polar surface area (TPSA) is 98.0 Å². The van der Waals surface area contributed by atoms with Gasteiger partial charge >= 0.3 is 6.03 Å². The molecule has 9 nitrogen and oxygen atoms in total. The fourth-order valence-electron chi connectivity index (χ4n) is 5.29.